The summed E-state index contributed by atoms with van der Waals surface area (Å²) in [4.78, 5) is 4.53. The fourth-order valence-electron chi connectivity index (χ4n) is 4.66. The van der Waals surface area contributed by atoms with E-state index in [1.807, 2.05) is 24.3 Å². The molecule has 3 heterocycles. The molecule has 5 rings (SSSR count). The van der Waals surface area contributed by atoms with Gasteiger partial charge < -0.3 is 15.1 Å². The SMILES string of the molecule is C[C@@H]1C[C@H]1CNc1cc(-c2nnc(C3NCCCC3c3ccccc3)o2)cc(N(C)S(C)(=O)=O)n1. The van der Waals surface area contributed by atoms with E-state index in [1.165, 1.54) is 19.0 Å². The normalized spacial score (nSPS) is 24.2. The third kappa shape index (κ3) is 5.33. The number of rotatable bonds is 8. The first-order chi connectivity index (χ1) is 16.8. The topological polar surface area (TPSA) is 113 Å². The minimum Gasteiger partial charge on any atom is -0.419 e. The standard InChI is InChI=1S/C25H32N6O3S/c1-16-12-19(16)15-27-21-13-18(14-22(28-21)31(2)35(3,32)33)24-29-30-25(34-24)23-20(10-7-11-26-23)17-8-5-4-6-9-17/h4-6,8-9,13-14,16,19-20,23,26H,7,10-12,15H2,1-3H3,(H,27,28)/t16-,19+,20?,23?/m1/s1. The summed E-state index contributed by atoms with van der Waals surface area (Å²) in [6.45, 7) is 3.90. The Kier molecular flexibility index (Phi) is 6.50. The molecule has 0 bridgehead atoms. The van der Waals surface area contributed by atoms with E-state index in [2.05, 4.69) is 44.9 Å². The highest BCUT2D eigenvalue weighted by molar-refractivity contribution is 7.92. The van der Waals surface area contributed by atoms with Gasteiger partial charge in [-0.1, -0.05) is 37.3 Å². The van der Waals surface area contributed by atoms with E-state index < -0.39 is 10.0 Å². The van der Waals surface area contributed by atoms with Crippen molar-refractivity contribution in [1.82, 2.24) is 20.5 Å². The van der Waals surface area contributed by atoms with Crippen molar-refractivity contribution in [2.45, 2.75) is 38.1 Å². The number of sulfonamides is 1. The van der Waals surface area contributed by atoms with Gasteiger partial charge in [0.15, 0.2) is 0 Å². The van der Waals surface area contributed by atoms with E-state index in [1.54, 1.807) is 6.07 Å². The molecule has 1 aliphatic carbocycles. The molecule has 1 aromatic carbocycles. The van der Waals surface area contributed by atoms with Gasteiger partial charge in [0.2, 0.25) is 21.8 Å². The van der Waals surface area contributed by atoms with Crippen molar-refractivity contribution >= 4 is 21.7 Å². The van der Waals surface area contributed by atoms with Crippen molar-refractivity contribution in [3.63, 3.8) is 0 Å². The molecule has 0 radical (unpaired) electrons. The van der Waals surface area contributed by atoms with Crippen molar-refractivity contribution in [1.29, 1.82) is 0 Å². The number of aromatic nitrogens is 3. The second-order valence-electron chi connectivity index (χ2n) is 9.72. The smallest absolute Gasteiger partial charge is 0.248 e. The highest BCUT2D eigenvalue weighted by Gasteiger charge is 2.33. The van der Waals surface area contributed by atoms with Gasteiger partial charge in [-0.05, 0) is 55.3 Å². The Morgan fingerprint density at radius 2 is 1.97 bits per heavy atom. The van der Waals surface area contributed by atoms with Gasteiger partial charge in [-0.15, -0.1) is 10.2 Å². The number of benzene rings is 1. The van der Waals surface area contributed by atoms with Crippen LogP contribution in [0.4, 0.5) is 11.6 Å². The van der Waals surface area contributed by atoms with E-state index in [-0.39, 0.29) is 12.0 Å². The van der Waals surface area contributed by atoms with Crippen LogP contribution in [-0.2, 0) is 10.0 Å². The van der Waals surface area contributed by atoms with E-state index in [0.717, 1.165) is 36.5 Å². The highest BCUT2D eigenvalue weighted by atomic mass is 32.2. The molecule has 2 aromatic heterocycles. The van der Waals surface area contributed by atoms with Crippen LogP contribution >= 0.6 is 0 Å². The molecule has 3 aromatic rings. The summed E-state index contributed by atoms with van der Waals surface area (Å²) in [6.07, 6.45) is 4.46. The molecular weight excluding hydrogens is 464 g/mol. The maximum atomic E-state index is 12.2. The van der Waals surface area contributed by atoms with Gasteiger partial charge in [0.05, 0.1) is 12.3 Å². The number of nitrogens with zero attached hydrogens (tertiary/aromatic N) is 4. The molecule has 186 valence electrons. The second kappa shape index (κ2) is 9.58. The van der Waals surface area contributed by atoms with Crippen molar-refractivity contribution in [3.8, 4) is 11.5 Å². The largest absolute Gasteiger partial charge is 0.419 e. The molecule has 35 heavy (non-hydrogen) atoms. The monoisotopic (exact) mass is 496 g/mol. The number of nitrogens with one attached hydrogen (secondary N) is 2. The molecule has 2 N–H and O–H groups in total. The van der Waals surface area contributed by atoms with Crippen LogP contribution in [0.3, 0.4) is 0 Å². The molecule has 1 aliphatic heterocycles. The predicted octanol–water partition coefficient (Wildman–Crippen LogP) is 3.80. The zero-order valence-electron chi connectivity index (χ0n) is 20.3. The fraction of sp³-hybridized carbons (Fsp3) is 0.480. The molecule has 2 unspecified atom stereocenters. The first-order valence-electron chi connectivity index (χ1n) is 12.1. The Balaban J connectivity index is 1.45. The lowest BCUT2D eigenvalue weighted by atomic mass is 9.85. The molecular formula is C25H32N6O3S. The lowest BCUT2D eigenvalue weighted by Crippen LogP contribution is -2.33. The minimum atomic E-state index is -3.48. The van der Waals surface area contributed by atoms with Crippen molar-refractivity contribution in [2.24, 2.45) is 11.8 Å². The van der Waals surface area contributed by atoms with E-state index in [0.29, 0.717) is 40.8 Å². The predicted molar refractivity (Wildman–Crippen MR) is 136 cm³/mol. The molecule has 2 fully saturated rings. The lowest BCUT2D eigenvalue weighted by molar-refractivity contribution is 0.303. The van der Waals surface area contributed by atoms with Gasteiger partial charge in [-0.2, -0.15) is 0 Å². The minimum absolute atomic E-state index is 0.0821. The summed E-state index contributed by atoms with van der Waals surface area (Å²) in [7, 11) is -1.99. The summed E-state index contributed by atoms with van der Waals surface area (Å²) in [5.74, 6) is 3.30. The number of anilines is 2. The Bertz CT molecular complexity index is 1280. The van der Waals surface area contributed by atoms with Gasteiger partial charge in [0, 0.05) is 25.1 Å². The van der Waals surface area contributed by atoms with E-state index in [9.17, 15) is 8.42 Å². The fourth-order valence-corrected chi connectivity index (χ4v) is 5.10. The van der Waals surface area contributed by atoms with Gasteiger partial charge in [-0.3, -0.25) is 4.31 Å². The zero-order chi connectivity index (χ0) is 24.6. The van der Waals surface area contributed by atoms with Crippen molar-refractivity contribution in [2.75, 3.05) is 36.0 Å². The van der Waals surface area contributed by atoms with Crippen LogP contribution in [0.15, 0.2) is 46.9 Å². The molecule has 1 saturated carbocycles. The summed E-state index contributed by atoms with van der Waals surface area (Å²) < 4.78 is 31.7. The maximum Gasteiger partial charge on any atom is 0.248 e. The summed E-state index contributed by atoms with van der Waals surface area (Å²) in [5.41, 5.74) is 1.87. The van der Waals surface area contributed by atoms with Gasteiger partial charge in [0.25, 0.3) is 0 Å². The van der Waals surface area contributed by atoms with E-state index in [4.69, 9.17) is 4.42 Å². The van der Waals surface area contributed by atoms with Gasteiger partial charge >= 0.3 is 0 Å². The molecule has 9 nitrogen and oxygen atoms in total. The van der Waals surface area contributed by atoms with E-state index >= 15 is 0 Å². The van der Waals surface area contributed by atoms with Crippen LogP contribution in [-0.4, -0.2) is 50.0 Å². The number of hydrogen-bond acceptors (Lipinski definition) is 8. The van der Waals surface area contributed by atoms with Gasteiger partial charge in [-0.25, -0.2) is 13.4 Å². The van der Waals surface area contributed by atoms with Crippen LogP contribution in [0.5, 0.6) is 0 Å². The van der Waals surface area contributed by atoms with Crippen molar-refractivity contribution in [3.05, 3.63) is 53.9 Å². The third-order valence-electron chi connectivity index (χ3n) is 7.09. The number of pyridine rings is 1. The van der Waals surface area contributed by atoms with Crippen LogP contribution < -0.4 is 14.9 Å². The summed E-state index contributed by atoms with van der Waals surface area (Å²) in [6, 6.07) is 13.8. The first kappa shape index (κ1) is 23.7. The zero-order valence-corrected chi connectivity index (χ0v) is 21.1. The van der Waals surface area contributed by atoms with Crippen LogP contribution in [0.2, 0.25) is 0 Å². The molecule has 0 spiro atoms. The highest BCUT2D eigenvalue weighted by Crippen LogP contribution is 2.39. The number of hydrogen-bond donors (Lipinski definition) is 2. The Labute approximate surface area is 206 Å². The number of piperidine rings is 1. The maximum absolute atomic E-state index is 12.2. The Morgan fingerprint density at radius 1 is 1.20 bits per heavy atom. The third-order valence-corrected chi connectivity index (χ3v) is 8.28. The average molecular weight is 497 g/mol. The summed E-state index contributed by atoms with van der Waals surface area (Å²) >= 11 is 0. The molecule has 1 saturated heterocycles. The quantitative estimate of drug-likeness (QED) is 0.484. The van der Waals surface area contributed by atoms with Gasteiger partial charge in [0.1, 0.15) is 11.6 Å². The Hall–Kier alpha value is -2.98. The molecule has 10 heteroatoms. The average Bonchev–Trinajstić information content (AvgIpc) is 3.35. The van der Waals surface area contributed by atoms with Crippen molar-refractivity contribution < 1.29 is 12.8 Å². The molecule has 2 aliphatic rings. The van der Waals surface area contributed by atoms with Crippen LogP contribution in [0, 0.1) is 11.8 Å². The first-order valence-corrected chi connectivity index (χ1v) is 14.0. The summed E-state index contributed by atoms with van der Waals surface area (Å²) in [5, 5.41) is 15.6. The second-order valence-corrected chi connectivity index (χ2v) is 11.7. The van der Waals surface area contributed by atoms with Crippen LogP contribution in [0.1, 0.15) is 49.6 Å². The molecule has 4 atom stereocenters. The lowest BCUT2D eigenvalue weighted by Gasteiger charge is -2.30. The van der Waals surface area contributed by atoms with Crippen LogP contribution in [0.25, 0.3) is 11.5 Å². The Morgan fingerprint density at radius 3 is 2.69 bits per heavy atom. The molecule has 0 amide bonds.